The van der Waals surface area contributed by atoms with E-state index in [1.807, 2.05) is 18.2 Å². The Morgan fingerprint density at radius 3 is 2.73 bits per heavy atom. The highest BCUT2D eigenvalue weighted by atomic mass is 79.9. The zero-order valence-corrected chi connectivity index (χ0v) is 15.3. The first-order chi connectivity index (χ1) is 10.2. The van der Waals surface area contributed by atoms with E-state index in [0.29, 0.717) is 12.0 Å². The lowest BCUT2D eigenvalue weighted by atomic mass is 9.84. The molecule has 3 aliphatic heterocycles. The van der Waals surface area contributed by atoms with Crippen LogP contribution in [0.1, 0.15) is 22.5 Å². The number of amides is 1. The fraction of sp³-hybridized carbons (Fsp3) is 0.438. The SMILES string of the molecule is Cl.O=C(N[C@@H]1CN2CCC1CC2)c1cc2cccc(Br)c2s1. The van der Waals surface area contributed by atoms with E-state index in [1.54, 1.807) is 11.3 Å². The topological polar surface area (TPSA) is 32.3 Å². The predicted molar refractivity (Wildman–Crippen MR) is 97.2 cm³/mol. The highest BCUT2D eigenvalue weighted by molar-refractivity contribution is 9.10. The second kappa shape index (κ2) is 6.48. The lowest BCUT2D eigenvalue weighted by molar-refractivity contribution is 0.0622. The van der Waals surface area contributed by atoms with Crippen LogP contribution < -0.4 is 5.32 Å². The molecule has 3 aliphatic rings. The van der Waals surface area contributed by atoms with Gasteiger partial charge in [-0.05, 0) is 65.3 Å². The van der Waals surface area contributed by atoms with Gasteiger partial charge >= 0.3 is 0 Å². The Balaban J connectivity index is 0.00000144. The molecule has 2 aromatic rings. The Kier molecular flexibility index (Phi) is 4.78. The second-order valence-corrected chi connectivity index (χ2v) is 7.89. The molecule has 0 spiro atoms. The first-order valence-corrected chi connectivity index (χ1v) is 9.03. The Morgan fingerprint density at radius 2 is 2.09 bits per heavy atom. The van der Waals surface area contributed by atoms with Gasteiger partial charge in [-0.25, -0.2) is 0 Å². The van der Waals surface area contributed by atoms with E-state index in [0.717, 1.165) is 26.0 Å². The number of nitrogens with one attached hydrogen (secondary N) is 1. The fourth-order valence-corrected chi connectivity index (χ4v) is 5.10. The maximum atomic E-state index is 12.5. The molecule has 1 N–H and O–H groups in total. The maximum absolute atomic E-state index is 12.5. The molecule has 6 heteroatoms. The molecule has 3 nitrogen and oxygen atoms in total. The van der Waals surface area contributed by atoms with Gasteiger partial charge in [-0.1, -0.05) is 12.1 Å². The van der Waals surface area contributed by atoms with Crippen LogP contribution in [0, 0.1) is 5.92 Å². The minimum atomic E-state index is 0. The molecule has 118 valence electrons. The highest BCUT2D eigenvalue weighted by Gasteiger charge is 2.35. The van der Waals surface area contributed by atoms with Gasteiger partial charge in [-0.15, -0.1) is 23.7 Å². The van der Waals surface area contributed by atoms with Crippen molar-refractivity contribution < 1.29 is 4.79 Å². The van der Waals surface area contributed by atoms with Crippen molar-refractivity contribution in [2.24, 2.45) is 5.92 Å². The lowest BCUT2D eigenvalue weighted by Gasteiger charge is -2.44. The molecule has 1 aromatic heterocycles. The van der Waals surface area contributed by atoms with E-state index < -0.39 is 0 Å². The summed E-state index contributed by atoms with van der Waals surface area (Å²) in [5.74, 6) is 0.752. The molecule has 0 radical (unpaired) electrons. The van der Waals surface area contributed by atoms with Crippen molar-refractivity contribution in [3.8, 4) is 0 Å². The normalized spacial score (nSPS) is 26.7. The van der Waals surface area contributed by atoms with Crippen molar-refractivity contribution in [3.63, 3.8) is 0 Å². The van der Waals surface area contributed by atoms with Crippen LogP contribution in [-0.2, 0) is 0 Å². The Labute approximate surface area is 148 Å². The Hall–Kier alpha value is -0.620. The third-order valence-corrected chi connectivity index (χ3v) is 6.80. The van der Waals surface area contributed by atoms with Gasteiger partial charge in [-0.2, -0.15) is 0 Å². The summed E-state index contributed by atoms with van der Waals surface area (Å²) in [4.78, 5) is 15.8. The van der Waals surface area contributed by atoms with E-state index in [4.69, 9.17) is 0 Å². The number of piperidine rings is 3. The van der Waals surface area contributed by atoms with Crippen molar-refractivity contribution in [1.82, 2.24) is 10.2 Å². The summed E-state index contributed by atoms with van der Waals surface area (Å²) in [5.41, 5.74) is 0. The van der Waals surface area contributed by atoms with Crippen LogP contribution in [0.25, 0.3) is 10.1 Å². The van der Waals surface area contributed by atoms with Gasteiger partial charge in [0.1, 0.15) is 0 Å². The van der Waals surface area contributed by atoms with Gasteiger partial charge in [0.15, 0.2) is 0 Å². The van der Waals surface area contributed by atoms with E-state index in [2.05, 4.69) is 32.2 Å². The van der Waals surface area contributed by atoms with Crippen LogP contribution in [0.15, 0.2) is 28.7 Å². The summed E-state index contributed by atoms with van der Waals surface area (Å²) in [6.45, 7) is 3.42. The summed E-state index contributed by atoms with van der Waals surface area (Å²) >= 11 is 5.12. The lowest BCUT2D eigenvalue weighted by Crippen LogP contribution is -2.57. The van der Waals surface area contributed by atoms with Gasteiger partial charge in [0.2, 0.25) is 0 Å². The minimum absolute atomic E-state index is 0. The van der Waals surface area contributed by atoms with Crippen molar-refractivity contribution in [2.45, 2.75) is 18.9 Å². The second-order valence-electron chi connectivity index (χ2n) is 5.99. The molecule has 1 amide bonds. The monoisotopic (exact) mass is 400 g/mol. The molecular formula is C16H18BrClN2OS. The van der Waals surface area contributed by atoms with Gasteiger partial charge in [0, 0.05) is 21.8 Å². The first kappa shape index (κ1) is 16.2. The van der Waals surface area contributed by atoms with Crippen LogP contribution in [0.4, 0.5) is 0 Å². The molecule has 3 saturated heterocycles. The summed E-state index contributed by atoms with van der Waals surface area (Å²) < 4.78 is 2.21. The average Bonchev–Trinajstić information content (AvgIpc) is 2.94. The molecule has 1 aromatic carbocycles. The van der Waals surface area contributed by atoms with Gasteiger partial charge in [0.05, 0.1) is 4.88 Å². The standard InChI is InChI=1S/C16H17BrN2OS.ClH/c17-12-3-1-2-11-8-14(21-15(11)12)16(20)18-13-9-19-6-4-10(13)5-7-19;/h1-3,8,10,13H,4-7,9H2,(H,18,20);1H/t13-;/m1./s1. The summed E-state index contributed by atoms with van der Waals surface area (Å²) in [5, 5.41) is 4.39. The number of nitrogens with zero attached hydrogens (tertiary/aromatic N) is 1. The van der Waals surface area contributed by atoms with Crippen LogP contribution in [-0.4, -0.2) is 36.5 Å². The third-order valence-electron chi connectivity index (χ3n) is 4.69. The first-order valence-electron chi connectivity index (χ1n) is 7.42. The number of benzene rings is 1. The number of fused-ring (bicyclic) bond motifs is 4. The molecule has 0 saturated carbocycles. The number of halogens is 2. The van der Waals surface area contributed by atoms with Crippen LogP contribution >= 0.6 is 39.7 Å². The summed E-state index contributed by atoms with van der Waals surface area (Å²) in [7, 11) is 0. The van der Waals surface area contributed by atoms with Crippen molar-refractivity contribution in [2.75, 3.05) is 19.6 Å². The molecule has 2 bridgehead atoms. The van der Waals surface area contributed by atoms with Crippen molar-refractivity contribution in [1.29, 1.82) is 0 Å². The summed E-state index contributed by atoms with van der Waals surface area (Å²) in [6, 6.07) is 8.42. The Bertz CT molecular complexity index is 697. The zero-order chi connectivity index (χ0) is 14.4. The van der Waals surface area contributed by atoms with E-state index in [-0.39, 0.29) is 18.3 Å². The van der Waals surface area contributed by atoms with Crippen molar-refractivity contribution in [3.05, 3.63) is 33.6 Å². The molecular weight excluding hydrogens is 384 g/mol. The molecule has 4 heterocycles. The van der Waals surface area contributed by atoms with E-state index >= 15 is 0 Å². The molecule has 0 unspecified atom stereocenters. The number of thiophene rings is 1. The highest BCUT2D eigenvalue weighted by Crippen LogP contribution is 2.33. The van der Waals surface area contributed by atoms with Gasteiger partial charge < -0.3 is 10.2 Å². The van der Waals surface area contributed by atoms with Crippen LogP contribution in [0.2, 0.25) is 0 Å². The van der Waals surface area contributed by atoms with E-state index in [1.165, 1.54) is 25.9 Å². The van der Waals surface area contributed by atoms with E-state index in [9.17, 15) is 4.79 Å². The largest absolute Gasteiger partial charge is 0.347 e. The number of hydrogen-bond acceptors (Lipinski definition) is 3. The zero-order valence-electron chi connectivity index (χ0n) is 12.0. The van der Waals surface area contributed by atoms with Crippen LogP contribution in [0.3, 0.4) is 0 Å². The van der Waals surface area contributed by atoms with Gasteiger partial charge in [-0.3, -0.25) is 4.79 Å². The number of carbonyl (C=O) groups excluding carboxylic acids is 1. The number of carbonyl (C=O) groups is 1. The number of rotatable bonds is 2. The quantitative estimate of drug-likeness (QED) is 0.827. The molecule has 5 rings (SSSR count). The minimum Gasteiger partial charge on any atom is -0.347 e. The van der Waals surface area contributed by atoms with Crippen LogP contribution in [0.5, 0.6) is 0 Å². The van der Waals surface area contributed by atoms with Gasteiger partial charge in [0.25, 0.3) is 5.91 Å². The molecule has 0 aliphatic carbocycles. The maximum Gasteiger partial charge on any atom is 0.261 e. The average molecular weight is 402 g/mol. The third kappa shape index (κ3) is 2.92. The molecule has 22 heavy (non-hydrogen) atoms. The van der Waals surface area contributed by atoms with Crippen molar-refractivity contribution >= 4 is 55.7 Å². The summed E-state index contributed by atoms with van der Waals surface area (Å²) in [6.07, 6.45) is 2.45. The molecule has 1 atom stereocenters. The Morgan fingerprint density at radius 1 is 1.32 bits per heavy atom. The molecule has 3 fully saturated rings. The smallest absolute Gasteiger partial charge is 0.261 e. The fourth-order valence-electron chi connectivity index (χ4n) is 3.51. The number of hydrogen-bond donors (Lipinski definition) is 1. The predicted octanol–water partition coefficient (Wildman–Crippen LogP) is 3.91.